The molecular formula is C29H38BrN3O2. The monoisotopic (exact) mass is 539 g/mol. The number of rotatable bonds is 9. The van der Waals surface area contributed by atoms with Gasteiger partial charge in [0.1, 0.15) is 0 Å². The fourth-order valence-corrected chi connectivity index (χ4v) is 6.63. The first-order valence-corrected chi connectivity index (χ1v) is 13.7. The number of pyridine rings is 1. The zero-order valence-electron chi connectivity index (χ0n) is 21.6. The van der Waals surface area contributed by atoms with Gasteiger partial charge in [0, 0.05) is 34.8 Å². The molecule has 0 spiro atoms. The van der Waals surface area contributed by atoms with Crippen LogP contribution in [-0.2, 0) is 9.53 Å². The summed E-state index contributed by atoms with van der Waals surface area (Å²) in [6.45, 7) is 10.2. The van der Waals surface area contributed by atoms with Crippen LogP contribution < -0.4 is 0 Å². The Morgan fingerprint density at radius 2 is 2.09 bits per heavy atom. The van der Waals surface area contributed by atoms with E-state index in [-0.39, 0.29) is 12.0 Å². The van der Waals surface area contributed by atoms with E-state index in [1.54, 1.807) is 0 Å². The lowest BCUT2D eigenvalue weighted by Gasteiger charge is -2.70. The van der Waals surface area contributed by atoms with Crippen LogP contribution in [0.1, 0.15) is 59.1 Å². The average molecular weight is 541 g/mol. The molecular weight excluding hydrogens is 502 g/mol. The number of likely N-dealkylation sites (tertiary alicyclic amines) is 1. The summed E-state index contributed by atoms with van der Waals surface area (Å²) in [5, 5.41) is 0. The van der Waals surface area contributed by atoms with Crippen molar-refractivity contribution < 1.29 is 9.53 Å². The van der Waals surface area contributed by atoms with E-state index in [4.69, 9.17) is 14.7 Å². The van der Waals surface area contributed by atoms with E-state index < -0.39 is 0 Å². The number of halogens is 1. The van der Waals surface area contributed by atoms with Crippen molar-refractivity contribution in [3.63, 3.8) is 0 Å². The second-order valence-electron chi connectivity index (χ2n) is 10.2. The number of nitrogens with zero attached hydrogens (tertiary/aromatic N) is 3. The van der Waals surface area contributed by atoms with Crippen LogP contribution in [0.2, 0.25) is 0 Å². The predicted molar refractivity (Wildman–Crippen MR) is 146 cm³/mol. The number of hydrogen-bond acceptors (Lipinski definition) is 5. The van der Waals surface area contributed by atoms with Gasteiger partial charge in [-0.15, -0.1) is 0 Å². The first kappa shape index (κ1) is 26.0. The lowest BCUT2D eigenvalue weighted by Crippen LogP contribution is -2.78. The second kappa shape index (κ2) is 11.3. The van der Waals surface area contributed by atoms with Gasteiger partial charge in [0.05, 0.1) is 24.6 Å². The topological polar surface area (TPSA) is 54.8 Å². The molecule has 1 saturated carbocycles. The van der Waals surface area contributed by atoms with E-state index in [9.17, 15) is 4.79 Å². The van der Waals surface area contributed by atoms with Crippen LogP contribution in [-0.4, -0.2) is 53.3 Å². The normalized spacial score (nSPS) is 29.5. The van der Waals surface area contributed by atoms with Crippen LogP contribution in [0, 0.1) is 17.8 Å². The number of aromatic nitrogens is 1. The lowest BCUT2D eigenvalue weighted by molar-refractivity contribution is -0.204. The highest BCUT2D eigenvalue weighted by Crippen LogP contribution is 2.56. The van der Waals surface area contributed by atoms with Gasteiger partial charge >= 0.3 is 5.97 Å². The molecule has 2 fully saturated rings. The van der Waals surface area contributed by atoms with Crippen LogP contribution in [0.4, 0.5) is 0 Å². The van der Waals surface area contributed by atoms with Gasteiger partial charge in [0.2, 0.25) is 0 Å². The number of esters is 1. The van der Waals surface area contributed by atoms with Crippen molar-refractivity contribution in [2.75, 3.05) is 13.7 Å². The molecule has 3 aliphatic rings. The molecule has 2 heterocycles. The van der Waals surface area contributed by atoms with E-state index >= 15 is 0 Å². The van der Waals surface area contributed by atoms with Crippen molar-refractivity contribution >= 4 is 27.6 Å². The largest absolute Gasteiger partial charge is 0.469 e. The van der Waals surface area contributed by atoms with Crippen LogP contribution in [0.25, 0.3) is 0 Å². The number of fused-ring (bicyclic) bond motifs is 1. The first-order chi connectivity index (χ1) is 16.9. The number of carbonyl (C=O) groups excluding carboxylic acids is 1. The summed E-state index contributed by atoms with van der Waals surface area (Å²) in [6, 6.07) is 6.96. The minimum absolute atomic E-state index is 0.00596. The van der Waals surface area contributed by atoms with E-state index in [0.29, 0.717) is 42.7 Å². The summed E-state index contributed by atoms with van der Waals surface area (Å²) < 4.78 is 6.06. The predicted octanol–water partition coefficient (Wildman–Crippen LogP) is 6.11. The summed E-state index contributed by atoms with van der Waals surface area (Å²) in [5.41, 5.74) is 4.04. The number of allylic oxidation sites excluding steroid dienone is 6. The summed E-state index contributed by atoms with van der Waals surface area (Å²) in [5.74, 6) is 1.83. The van der Waals surface area contributed by atoms with Gasteiger partial charge in [0.15, 0.2) is 0 Å². The first-order valence-electron chi connectivity index (χ1n) is 12.9. The molecule has 1 saturated heterocycles. The zero-order valence-corrected chi connectivity index (χ0v) is 23.2. The fourth-order valence-electron chi connectivity index (χ4n) is 6.21. The van der Waals surface area contributed by atoms with Gasteiger partial charge in [-0.2, -0.15) is 0 Å². The van der Waals surface area contributed by atoms with Crippen molar-refractivity contribution in [2.24, 2.45) is 22.7 Å². The van der Waals surface area contributed by atoms with Crippen molar-refractivity contribution in [1.82, 2.24) is 9.88 Å². The van der Waals surface area contributed by atoms with Gasteiger partial charge in [-0.3, -0.25) is 19.7 Å². The highest BCUT2D eigenvalue weighted by atomic mass is 79.9. The molecule has 1 aromatic heterocycles. The maximum atomic E-state index is 12.2. The number of piperidine rings is 1. The van der Waals surface area contributed by atoms with Crippen LogP contribution >= 0.6 is 15.9 Å². The van der Waals surface area contributed by atoms with Crippen LogP contribution in [0.3, 0.4) is 0 Å². The van der Waals surface area contributed by atoms with Crippen molar-refractivity contribution in [3.05, 3.63) is 63.9 Å². The molecule has 0 aromatic carbocycles. The Labute approximate surface area is 218 Å². The third kappa shape index (κ3) is 5.24. The van der Waals surface area contributed by atoms with Crippen LogP contribution in [0.15, 0.2) is 63.2 Å². The molecule has 1 aromatic rings. The third-order valence-corrected chi connectivity index (χ3v) is 8.73. The van der Waals surface area contributed by atoms with E-state index in [1.807, 2.05) is 24.4 Å². The molecule has 5 nitrogen and oxygen atoms in total. The molecule has 6 atom stereocenters. The lowest BCUT2D eigenvalue weighted by atomic mass is 9.51. The Balaban J connectivity index is 1.79. The molecule has 1 aliphatic heterocycles. The van der Waals surface area contributed by atoms with Gasteiger partial charge in [-0.05, 0) is 74.3 Å². The number of aliphatic imine (C=N–C) groups is 1. The third-order valence-electron chi connectivity index (χ3n) is 8.18. The SMILES string of the molecule is CCCN1C2C(C)C(C)C2C1[C@H](CCC(=O)OC)N=C(C1=CC(Br)=CCC=C1C)c1ccccn1. The molecule has 188 valence electrons. The fraction of sp³-hybridized carbons (Fsp3) is 0.552. The molecule has 6 heteroatoms. The van der Waals surface area contributed by atoms with Crippen molar-refractivity contribution in [2.45, 2.75) is 71.5 Å². The molecule has 0 amide bonds. The average Bonchev–Trinajstić information content (AvgIpc) is 3.02. The zero-order chi connectivity index (χ0) is 25.1. The summed E-state index contributed by atoms with van der Waals surface area (Å²) in [6.07, 6.45) is 11.4. The molecule has 35 heavy (non-hydrogen) atoms. The van der Waals surface area contributed by atoms with Crippen LogP contribution in [0.5, 0.6) is 0 Å². The maximum absolute atomic E-state index is 12.2. The number of ether oxygens (including phenoxy) is 1. The molecule has 0 N–H and O–H groups in total. The minimum atomic E-state index is -0.173. The Morgan fingerprint density at radius 3 is 2.77 bits per heavy atom. The Hall–Kier alpha value is -2.05. The molecule has 2 aliphatic carbocycles. The van der Waals surface area contributed by atoms with E-state index in [0.717, 1.165) is 40.8 Å². The van der Waals surface area contributed by atoms with Gasteiger partial charge in [-0.1, -0.05) is 54.9 Å². The second-order valence-corrected chi connectivity index (χ2v) is 11.1. The standard InChI is InChI=1S/C29H38BrN3O2/c1-6-16-33-28-20(4)19(3)26(28)29(33)24(13-14-25(34)35-5)32-27(23-12-7-8-15-31-23)22-17-21(30)11-9-10-18(22)2/h7-8,10-12,15,17,19-20,24,26,28-29H,6,9,13-14,16H2,1-5H3/t19?,20?,24-,26?,28?,29?/m0/s1. The minimum Gasteiger partial charge on any atom is -0.469 e. The Morgan fingerprint density at radius 1 is 1.29 bits per heavy atom. The number of carbonyl (C=O) groups is 1. The Kier molecular flexibility index (Phi) is 8.43. The highest BCUT2D eigenvalue weighted by molar-refractivity contribution is 9.11. The molecule has 4 rings (SSSR count). The molecule has 5 unspecified atom stereocenters. The Bertz CT molecular complexity index is 1050. The van der Waals surface area contributed by atoms with Crippen molar-refractivity contribution in [1.29, 1.82) is 0 Å². The smallest absolute Gasteiger partial charge is 0.305 e. The number of methoxy groups -OCH3 is 1. The molecule has 0 radical (unpaired) electrons. The van der Waals surface area contributed by atoms with Gasteiger partial charge < -0.3 is 4.74 Å². The van der Waals surface area contributed by atoms with Gasteiger partial charge in [0.25, 0.3) is 0 Å². The molecule has 0 bridgehead atoms. The maximum Gasteiger partial charge on any atom is 0.305 e. The van der Waals surface area contributed by atoms with E-state index in [1.165, 1.54) is 12.7 Å². The summed E-state index contributed by atoms with van der Waals surface area (Å²) >= 11 is 3.70. The summed E-state index contributed by atoms with van der Waals surface area (Å²) in [7, 11) is 1.47. The van der Waals surface area contributed by atoms with Crippen molar-refractivity contribution in [3.8, 4) is 0 Å². The summed E-state index contributed by atoms with van der Waals surface area (Å²) in [4.78, 5) is 25.0. The van der Waals surface area contributed by atoms with E-state index in [2.05, 4.69) is 66.8 Å². The number of hydrogen-bond donors (Lipinski definition) is 0. The van der Waals surface area contributed by atoms with Gasteiger partial charge in [-0.25, -0.2) is 0 Å². The quantitative estimate of drug-likeness (QED) is 0.280. The highest BCUT2D eigenvalue weighted by Gasteiger charge is 2.63.